The molecule has 56 heavy (non-hydrogen) atoms. The molecular weight excluding hydrogens is 773 g/mol. The number of aromatic nitrogens is 5. The lowest BCUT2D eigenvalue weighted by molar-refractivity contribution is -0.218. The maximum Gasteiger partial charge on any atom is 0.414 e. The standard InChI is InChI=1S/C37H32ClF7N8O3/c1-21(24-11-14-27(38)26(17-24)29-46-20-47-53(29)32(41)42)52-30(54)36(19-35(2,3)37(43,44)45,49-33(52)48-34(55)56-18-22-7-5-4-6-8-22)25-12-9-23(10-13-25)28-15-16-51(50-28)31(39)40/h4-17,20-21,31-32H,18-19H2,1-3H3,(H,48,49,55)/t21-,36+/m0/s1. The molecule has 5 aromatic rings. The van der Waals surface area contributed by atoms with Gasteiger partial charge in [-0.25, -0.2) is 19.5 Å². The SMILES string of the molecule is C[C@@H](c1ccc(Cl)c(-c2ncnn2C(F)F)c1)N1C(=O)[C@@](CC(C)(C)C(F)(F)F)(c2ccc(-c3ccn(C(F)F)n3)cc2)N=C1NC(=O)OCc1ccccc1. The van der Waals surface area contributed by atoms with Crippen LogP contribution in [0.4, 0.5) is 35.5 Å². The maximum atomic E-state index is 15.0. The normalized spacial score (nSPS) is 16.8. The van der Waals surface area contributed by atoms with Crippen molar-refractivity contribution in [1.29, 1.82) is 0 Å². The molecule has 0 radical (unpaired) electrons. The fourth-order valence-corrected chi connectivity index (χ4v) is 6.45. The molecule has 3 aromatic carbocycles. The molecule has 3 heterocycles. The molecule has 0 bridgehead atoms. The molecule has 2 aromatic heterocycles. The number of amides is 2. The molecule has 0 saturated carbocycles. The number of nitrogens with one attached hydrogen (secondary N) is 1. The second kappa shape index (κ2) is 15.4. The molecule has 1 aliphatic heterocycles. The number of nitrogens with zero attached hydrogens (tertiary/aromatic N) is 7. The number of halogens is 8. The number of carbonyl (C=O) groups is 2. The highest BCUT2D eigenvalue weighted by Crippen LogP contribution is 2.51. The second-order valence-electron chi connectivity index (χ2n) is 13.5. The number of guanidine groups is 1. The van der Waals surface area contributed by atoms with Crippen molar-refractivity contribution in [1.82, 2.24) is 34.8 Å². The molecule has 1 aliphatic rings. The van der Waals surface area contributed by atoms with Gasteiger partial charge in [-0.1, -0.05) is 86.1 Å². The highest BCUT2D eigenvalue weighted by Gasteiger charge is 2.59. The van der Waals surface area contributed by atoms with Gasteiger partial charge in [0.05, 0.1) is 22.2 Å². The van der Waals surface area contributed by atoms with E-state index in [9.17, 15) is 40.3 Å². The van der Waals surface area contributed by atoms with Crippen molar-refractivity contribution >= 4 is 29.6 Å². The lowest BCUT2D eigenvalue weighted by Crippen LogP contribution is -2.49. The predicted molar refractivity (Wildman–Crippen MR) is 189 cm³/mol. The monoisotopic (exact) mass is 804 g/mol. The highest BCUT2D eigenvalue weighted by atomic mass is 35.5. The first-order valence-electron chi connectivity index (χ1n) is 16.8. The molecule has 2 amide bonds. The number of hydrogen-bond donors (Lipinski definition) is 1. The molecule has 0 spiro atoms. The molecule has 0 unspecified atom stereocenters. The van der Waals surface area contributed by atoms with Gasteiger partial charge in [-0.2, -0.15) is 45.6 Å². The first kappa shape index (κ1) is 39.9. The summed E-state index contributed by atoms with van der Waals surface area (Å²) in [7, 11) is 0. The van der Waals surface area contributed by atoms with Crippen molar-refractivity contribution in [2.75, 3.05) is 0 Å². The largest absolute Gasteiger partial charge is 0.444 e. The minimum absolute atomic E-state index is 0.000139. The minimum Gasteiger partial charge on any atom is -0.444 e. The van der Waals surface area contributed by atoms with Gasteiger partial charge in [-0.05, 0) is 48.2 Å². The Balaban J connectivity index is 1.46. The summed E-state index contributed by atoms with van der Waals surface area (Å²) < 4.78 is 104. The van der Waals surface area contributed by atoms with Gasteiger partial charge in [-0.3, -0.25) is 15.0 Å². The molecule has 0 fully saturated rings. The summed E-state index contributed by atoms with van der Waals surface area (Å²) in [4.78, 5) is 37.7. The van der Waals surface area contributed by atoms with E-state index in [4.69, 9.17) is 16.3 Å². The lowest BCUT2D eigenvalue weighted by Gasteiger charge is -2.37. The number of benzene rings is 3. The number of aliphatic imine (C=N–C) groups is 1. The van der Waals surface area contributed by atoms with Gasteiger partial charge in [0.2, 0.25) is 5.96 Å². The number of alkyl carbamates (subject to hydrolysis) is 1. The topological polar surface area (TPSA) is 120 Å². The van der Waals surface area contributed by atoms with Crippen molar-refractivity contribution in [2.45, 2.75) is 64.7 Å². The van der Waals surface area contributed by atoms with Crippen molar-refractivity contribution in [3.63, 3.8) is 0 Å². The summed E-state index contributed by atoms with van der Waals surface area (Å²) in [5.41, 5.74) is -3.61. The Morgan fingerprint density at radius 2 is 1.66 bits per heavy atom. The van der Waals surface area contributed by atoms with Crippen LogP contribution in [0.1, 0.15) is 63.0 Å². The van der Waals surface area contributed by atoms with Gasteiger partial charge in [0.15, 0.2) is 11.4 Å². The van der Waals surface area contributed by atoms with Crippen LogP contribution in [0.2, 0.25) is 5.02 Å². The summed E-state index contributed by atoms with van der Waals surface area (Å²) in [5, 5.41) is 9.80. The summed E-state index contributed by atoms with van der Waals surface area (Å²) in [6, 6.07) is 18.4. The van der Waals surface area contributed by atoms with Crippen LogP contribution in [-0.2, 0) is 21.7 Å². The van der Waals surface area contributed by atoms with Gasteiger partial charge in [0.1, 0.15) is 12.9 Å². The average molecular weight is 805 g/mol. The van der Waals surface area contributed by atoms with E-state index in [0.29, 0.717) is 20.5 Å². The van der Waals surface area contributed by atoms with Crippen LogP contribution < -0.4 is 5.32 Å². The molecule has 11 nitrogen and oxygen atoms in total. The average Bonchev–Trinajstić information content (AvgIpc) is 3.90. The number of hydrogen-bond acceptors (Lipinski definition) is 7. The van der Waals surface area contributed by atoms with E-state index < -0.39 is 60.7 Å². The highest BCUT2D eigenvalue weighted by molar-refractivity contribution is 6.33. The van der Waals surface area contributed by atoms with E-state index in [1.54, 1.807) is 30.3 Å². The van der Waals surface area contributed by atoms with E-state index >= 15 is 0 Å². The quantitative estimate of drug-likeness (QED) is 0.133. The van der Waals surface area contributed by atoms with Gasteiger partial charge in [-0.15, -0.1) is 0 Å². The van der Waals surface area contributed by atoms with Crippen LogP contribution >= 0.6 is 11.6 Å². The van der Waals surface area contributed by atoms with Crippen molar-refractivity contribution < 1.29 is 45.1 Å². The summed E-state index contributed by atoms with van der Waals surface area (Å²) in [5.74, 6) is -1.75. The number of alkyl halides is 7. The summed E-state index contributed by atoms with van der Waals surface area (Å²) >= 11 is 6.40. The molecule has 6 rings (SSSR count). The van der Waals surface area contributed by atoms with Crippen molar-refractivity contribution in [3.05, 3.63) is 113 Å². The molecule has 19 heteroatoms. The van der Waals surface area contributed by atoms with E-state index in [0.717, 1.165) is 31.3 Å². The van der Waals surface area contributed by atoms with Gasteiger partial charge in [0.25, 0.3) is 5.91 Å². The van der Waals surface area contributed by atoms with Crippen LogP contribution in [0, 0.1) is 5.41 Å². The molecule has 1 N–H and O–H groups in total. The third kappa shape index (κ3) is 7.82. The van der Waals surface area contributed by atoms with Gasteiger partial charge < -0.3 is 4.74 Å². The molecule has 294 valence electrons. The maximum absolute atomic E-state index is 15.0. The smallest absolute Gasteiger partial charge is 0.414 e. The third-order valence-electron chi connectivity index (χ3n) is 9.31. The van der Waals surface area contributed by atoms with Crippen LogP contribution in [0.25, 0.3) is 22.6 Å². The summed E-state index contributed by atoms with van der Waals surface area (Å²) in [6.07, 6.45) is -4.92. The minimum atomic E-state index is -4.84. The Labute approximate surface area is 319 Å². The zero-order valence-corrected chi connectivity index (χ0v) is 30.4. The lowest BCUT2D eigenvalue weighted by atomic mass is 9.74. The third-order valence-corrected chi connectivity index (χ3v) is 9.64. The Hall–Kier alpha value is -5.78. The van der Waals surface area contributed by atoms with E-state index in [1.165, 1.54) is 55.5 Å². The van der Waals surface area contributed by atoms with Crippen LogP contribution in [-0.4, -0.2) is 53.6 Å². The van der Waals surface area contributed by atoms with Crippen molar-refractivity contribution in [2.24, 2.45) is 10.4 Å². The summed E-state index contributed by atoms with van der Waals surface area (Å²) in [6.45, 7) is -2.91. The van der Waals surface area contributed by atoms with Crippen LogP contribution in [0.15, 0.2) is 96.4 Å². The Morgan fingerprint density at radius 3 is 2.29 bits per heavy atom. The van der Waals surface area contributed by atoms with Crippen LogP contribution in [0.3, 0.4) is 0 Å². The number of carbonyl (C=O) groups excluding carboxylic acids is 2. The van der Waals surface area contributed by atoms with Gasteiger partial charge in [0, 0.05) is 17.3 Å². The Kier molecular flexibility index (Phi) is 11.0. The second-order valence-corrected chi connectivity index (χ2v) is 13.9. The molecule has 2 atom stereocenters. The molecule has 0 saturated heterocycles. The molecular formula is C37H32ClF7N8O3. The fraction of sp³-hybridized carbons (Fsp3) is 0.297. The van der Waals surface area contributed by atoms with Gasteiger partial charge >= 0.3 is 25.4 Å². The van der Waals surface area contributed by atoms with E-state index in [-0.39, 0.29) is 39.8 Å². The number of ether oxygens (including phenoxy) is 1. The molecule has 0 aliphatic carbocycles. The first-order valence-corrected chi connectivity index (χ1v) is 17.2. The first-order chi connectivity index (χ1) is 26.4. The zero-order chi connectivity index (χ0) is 40.6. The van der Waals surface area contributed by atoms with E-state index in [2.05, 4.69) is 25.5 Å². The Morgan fingerprint density at radius 1 is 0.964 bits per heavy atom. The number of rotatable bonds is 11. The van der Waals surface area contributed by atoms with E-state index in [1.807, 2.05) is 0 Å². The Bertz CT molecular complexity index is 2240. The predicted octanol–water partition coefficient (Wildman–Crippen LogP) is 9.31. The zero-order valence-electron chi connectivity index (χ0n) is 29.7. The fourth-order valence-electron chi connectivity index (χ4n) is 6.25. The van der Waals surface area contributed by atoms with Crippen molar-refractivity contribution in [3.8, 4) is 22.6 Å². The van der Waals surface area contributed by atoms with Crippen LogP contribution in [0.5, 0.6) is 0 Å².